The van der Waals surface area contributed by atoms with E-state index in [2.05, 4.69) is 22.8 Å². The van der Waals surface area contributed by atoms with Crippen molar-refractivity contribution in [2.45, 2.75) is 26.1 Å². The summed E-state index contributed by atoms with van der Waals surface area (Å²) in [6.45, 7) is 2.40. The number of carbonyl (C=O) groups is 2. The van der Waals surface area contributed by atoms with E-state index in [-0.39, 0.29) is 18.4 Å². The highest BCUT2D eigenvalue weighted by molar-refractivity contribution is 5.87. The molecule has 1 aromatic heterocycles. The van der Waals surface area contributed by atoms with Crippen molar-refractivity contribution in [3.63, 3.8) is 0 Å². The first kappa shape index (κ1) is 23.8. The number of hydrogen-bond acceptors (Lipinski definition) is 4. The van der Waals surface area contributed by atoms with Crippen LogP contribution in [0.4, 0.5) is 0 Å². The Hall–Kier alpha value is -4.39. The average molecular weight is 469 g/mol. The molecule has 178 valence electrons. The van der Waals surface area contributed by atoms with Crippen LogP contribution in [0.25, 0.3) is 11.3 Å². The topological polar surface area (TPSA) is 85.2 Å². The monoisotopic (exact) mass is 468 g/mol. The second-order valence-corrected chi connectivity index (χ2v) is 8.16. The SMILES string of the molecule is C[C@@H](NC(=O)COc1ccccc1)C(=O)NCc1cn(Cc2ccccc2)nc1-c1ccccc1. The maximum atomic E-state index is 12.7. The fraction of sp³-hybridized carbons (Fsp3) is 0.179. The van der Waals surface area contributed by atoms with Crippen LogP contribution in [0.15, 0.2) is 97.2 Å². The summed E-state index contributed by atoms with van der Waals surface area (Å²) in [4.78, 5) is 24.9. The molecule has 0 saturated heterocycles. The van der Waals surface area contributed by atoms with E-state index in [1.807, 2.05) is 77.6 Å². The van der Waals surface area contributed by atoms with Crippen LogP contribution in [0.1, 0.15) is 18.1 Å². The number of ether oxygens (including phenoxy) is 1. The molecule has 7 nitrogen and oxygen atoms in total. The third kappa shape index (κ3) is 6.80. The van der Waals surface area contributed by atoms with Crippen molar-refractivity contribution in [1.82, 2.24) is 20.4 Å². The van der Waals surface area contributed by atoms with E-state index in [0.717, 1.165) is 22.4 Å². The normalized spacial score (nSPS) is 11.5. The van der Waals surface area contributed by atoms with E-state index in [9.17, 15) is 9.59 Å². The smallest absolute Gasteiger partial charge is 0.258 e. The summed E-state index contributed by atoms with van der Waals surface area (Å²) in [5.74, 6) is -0.0502. The Kier molecular flexibility index (Phi) is 7.91. The standard InChI is InChI=1S/C28H28N4O3/c1-21(30-26(33)20-35-25-15-9-4-10-16-25)28(34)29-17-24-19-32(18-22-11-5-2-6-12-22)31-27(24)23-13-7-3-8-14-23/h2-16,19,21H,17-18,20H2,1H3,(H,29,34)(H,30,33)/t21-/m1/s1. The molecule has 2 amide bonds. The fourth-order valence-electron chi connectivity index (χ4n) is 3.63. The van der Waals surface area contributed by atoms with Crippen molar-refractivity contribution in [1.29, 1.82) is 0 Å². The van der Waals surface area contributed by atoms with Gasteiger partial charge in [0.25, 0.3) is 5.91 Å². The summed E-state index contributed by atoms with van der Waals surface area (Å²) in [7, 11) is 0. The molecule has 0 fully saturated rings. The largest absolute Gasteiger partial charge is 0.484 e. The van der Waals surface area contributed by atoms with E-state index < -0.39 is 6.04 Å². The van der Waals surface area contributed by atoms with Crippen molar-refractivity contribution in [3.05, 3.63) is 108 Å². The highest BCUT2D eigenvalue weighted by Gasteiger charge is 2.18. The van der Waals surface area contributed by atoms with Crippen LogP contribution in [0.5, 0.6) is 5.75 Å². The van der Waals surface area contributed by atoms with E-state index in [1.165, 1.54) is 0 Å². The molecule has 4 rings (SSSR count). The molecule has 4 aromatic rings. The minimum atomic E-state index is -0.707. The summed E-state index contributed by atoms with van der Waals surface area (Å²) >= 11 is 0. The van der Waals surface area contributed by atoms with Gasteiger partial charge in [-0.05, 0) is 24.6 Å². The molecule has 35 heavy (non-hydrogen) atoms. The van der Waals surface area contributed by atoms with E-state index in [1.54, 1.807) is 19.1 Å². The number of nitrogens with one attached hydrogen (secondary N) is 2. The van der Waals surface area contributed by atoms with Gasteiger partial charge >= 0.3 is 0 Å². The first-order valence-electron chi connectivity index (χ1n) is 11.5. The van der Waals surface area contributed by atoms with E-state index >= 15 is 0 Å². The van der Waals surface area contributed by atoms with E-state index in [0.29, 0.717) is 18.8 Å². The summed E-state index contributed by atoms with van der Waals surface area (Å²) in [6, 6.07) is 28.3. The van der Waals surface area contributed by atoms with E-state index in [4.69, 9.17) is 9.84 Å². The first-order valence-corrected chi connectivity index (χ1v) is 11.5. The molecule has 0 bridgehead atoms. The molecule has 0 saturated carbocycles. The third-order valence-electron chi connectivity index (χ3n) is 5.41. The molecule has 0 aliphatic carbocycles. The Labute approximate surface area is 204 Å². The summed E-state index contributed by atoms with van der Waals surface area (Å²) in [6.07, 6.45) is 1.95. The molecule has 7 heteroatoms. The zero-order chi connectivity index (χ0) is 24.5. The molecule has 1 heterocycles. The number of para-hydroxylation sites is 1. The molecule has 1 atom stereocenters. The molecular weight excluding hydrogens is 440 g/mol. The van der Waals surface area contributed by atoms with Gasteiger partial charge in [-0.1, -0.05) is 78.9 Å². The van der Waals surface area contributed by atoms with Gasteiger partial charge in [-0.25, -0.2) is 0 Å². The highest BCUT2D eigenvalue weighted by atomic mass is 16.5. The Morgan fingerprint density at radius 3 is 2.23 bits per heavy atom. The van der Waals surface area contributed by atoms with Crippen molar-refractivity contribution in [2.75, 3.05) is 6.61 Å². The molecule has 0 unspecified atom stereocenters. The number of amides is 2. The van der Waals surface area contributed by atoms with Crippen molar-refractivity contribution in [3.8, 4) is 17.0 Å². The summed E-state index contributed by atoms with van der Waals surface area (Å²) < 4.78 is 7.32. The Morgan fingerprint density at radius 1 is 0.914 bits per heavy atom. The van der Waals surface area contributed by atoms with Crippen LogP contribution >= 0.6 is 0 Å². The third-order valence-corrected chi connectivity index (χ3v) is 5.41. The zero-order valence-corrected chi connectivity index (χ0v) is 19.6. The van der Waals surface area contributed by atoms with Gasteiger partial charge in [0.1, 0.15) is 11.8 Å². The van der Waals surface area contributed by atoms with Gasteiger partial charge in [0, 0.05) is 23.9 Å². The quantitative estimate of drug-likeness (QED) is 0.371. The van der Waals surface area contributed by atoms with Gasteiger partial charge < -0.3 is 15.4 Å². The Balaban J connectivity index is 1.37. The molecule has 0 aliphatic rings. The predicted octanol–water partition coefficient (Wildman–Crippen LogP) is 3.80. The molecule has 0 aliphatic heterocycles. The number of benzene rings is 3. The Bertz CT molecular complexity index is 1240. The Morgan fingerprint density at radius 2 is 1.54 bits per heavy atom. The molecule has 3 aromatic carbocycles. The van der Waals surface area contributed by atoms with Crippen molar-refractivity contribution >= 4 is 11.8 Å². The molecule has 0 radical (unpaired) electrons. The molecule has 0 spiro atoms. The second-order valence-electron chi connectivity index (χ2n) is 8.16. The van der Waals surface area contributed by atoms with Gasteiger partial charge in [-0.3, -0.25) is 14.3 Å². The van der Waals surface area contributed by atoms with Crippen LogP contribution < -0.4 is 15.4 Å². The van der Waals surface area contributed by atoms with Gasteiger partial charge in [-0.2, -0.15) is 5.10 Å². The highest BCUT2D eigenvalue weighted by Crippen LogP contribution is 2.22. The zero-order valence-electron chi connectivity index (χ0n) is 19.6. The second kappa shape index (κ2) is 11.7. The number of nitrogens with zero attached hydrogens (tertiary/aromatic N) is 2. The molecular formula is C28H28N4O3. The van der Waals surface area contributed by atoms with Crippen molar-refractivity contribution in [2.24, 2.45) is 0 Å². The van der Waals surface area contributed by atoms with Gasteiger partial charge in [0.05, 0.1) is 12.2 Å². The number of hydrogen-bond donors (Lipinski definition) is 2. The lowest BCUT2D eigenvalue weighted by Gasteiger charge is -2.14. The first-order chi connectivity index (χ1) is 17.1. The minimum absolute atomic E-state index is 0.161. The van der Waals surface area contributed by atoms with Crippen LogP contribution in [0.2, 0.25) is 0 Å². The van der Waals surface area contributed by atoms with Gasteiger partial charge in [0.15, 0.2) is 6.61 Å². The summed E-state index contributed by atoms with van der Waals surface area (Å²) in [5, 5.41) is 10.4. The lowest BCUT2D eigenvalue weighted by Crippen LogP contribution is -2.46. The summed E-state index contributed by atoms with van der Waals surface area (Å²) in [5.41, 5.74) is 3.82. The minimum Gasteiger partial charge on any atom is -0.484 e. The van der Waals surface area contributed by atoms with Crippen LogP contribution in [0, 0.1) is 0 Å². The van der Waals surface area contributed by atoms with Crippen LogP contribution in [-0.4, -0.2) is 34.2 Å². The van der Waals surface area contributed by atoms with Crippen molar-refractivity contribution < 1.29 is 14.3 Å². The maximum absolute atomic E-state index is 12.7. The van der Waals surface area contributed by atoms with Gasteiger partial charge in [0.2, 0.25) is 5.91 Å². The maximum Gasteiger partial charge on any atom is 0.258 e. The van der Waals surface area contributed by atoms with Crippen LogP contribution in [0.3, 0.4) is 0 Å². The predicted molar refractivity (Wildman–Crippen MR) is 135 cm³/mol. The number of aromatic nitrogens is 2. The lowest BCUT2D eigenvalue weighted by molar-refractivity contribution is -0.129. The average Bonchev–Trinajstić information content (AvgIpc) is 3.30. The molecule has 2 N–H and O–H groups in total. The van der Waals surface area contributed by atoms with Gasteiger partial charge in [-0.15, -0.1) is 0 Å². The van der Waals surface area contributed by atoms with Crippen LogP contribution in [-0.2, 0) is 22.7 Å². The lowest BCUT2D eigenvalue weighted by atomic mass is 10.1. The number of rotatable bonds is 10. The fourth-order valence-corrected chi connectivity index (χ4v) is 3.63. The number of carbonyl (C=O) groups excluding carboxylic acids is 2.